The molecule has 4 nitrogen and oxygen atoms in total. The van der Waals surface area contributed by atoms with Crippen LogP contribution in [0.5, 0.6) is 0 Å². The lowest BCUT2D eigenvalue weighted by molar-refractivity contribution is -0.118. The van der Waals surface area contributed by atoms with Crippen LogP contribution >= 0.6 is 12.2 Å². The first kappa shape index (κ1) is 10.0. The number of Topliss-reactive ketones (excluding diaryl/α,β-unsaturated/α-hetero) is 1. The van der Waals surface area contributed by atoms with Crippen molar-refractivity contribution in [3.05, 3.63) is 0 Å². The van der Waals surface area contributed by atoms with Crippen LogP contribution in [0.1, 0.15) is 13.8 Å². The Kier molecular flexibility index (Phi) is 4.36. The van der Waals surface area contributed by atoms with Gasteiger partial charge in [-0.25, -0.2) is 0 Å². The molecule has 0 aliphatic rings. The third-order valence-corrected chi connectivity index (χ3v) is 1.21. The van der Waals surface area contributed by atoms with Gasteiger partial charge in [-0.1, -0.05) is 6.92 Å². The first-order chi connectivity index (χ1) is 5.04. The highest BCUT2D eigenvalue weighted by Crippen LogP contribution is 1.89. The number of thiocarbonyl (C=S) groups is 1. The minimum Gasteiger partial charge on any atom is -0.375 e. The number of ketones is 1. The van der Waals surface area contributed by atoms with Crippen LogP contribution in [0, 0.1) is 5.92 Å². The van der Waals surface area contributed by atoms with E-state index in [0.29, 0.717) is 0 Å². The van der Waals surface area contributed by atoms with Gasteiger partial charge in [-0.3, -0.25) is 10.2 Å². The molecule has 0 aliphatic heterocycles. The van der Waals surface area contributed by atoms with Crippen molar-refractivity contribution in [2.75, 3.05) is 0 Å². The lowest BCUT2D eigenvalue weighted by Gasteiger charge is -1.98. The van der Waals surface area contributed by atoms with Gasteiger partial charge < -0.3 is 5.73 Å². The van der Waals surface area contributed by atoms with Gasteiger partial charge in [-0.05, 0) is 19.1 Å². The number of hydrogen-bond acceptors (Lipinski definition) is 3. The molecule has 0 aromatic carbocycles. The Labute approximate surface area is 70.8 Å². The van der Waals surface area contributed by atoms with Gasteiger partial charge in [0, 0.05) is 6.21 Å². The van der Waals surface area contributed by atoms with Gasteiger partial charge in [0.2, 0.25) is 0 Å². The predicted molar refractivity (Wildman–Crippen MR) is 48.3 cm³/mol. The van der Waals surface area contributed by atoms with E-state index in [0.717, 1.165) is 0 Å². The quantitative estimate of drug-likeness (QED) is 0.359. The average molecular weight is 173 g/mol. The van der Waals surface area contributed by atoms with Crippen LogP contribution in [-0.2, 0) is 4.79 Å². The third-order valence-electron chi connectivity index (χ3n) is 1.11. The van der Waals surface area contributed by atoms with E-state index in [9.17, 15) is 4.79 Å². The van der Waals surface area contributed by atoms with Crippen molar-refractivity contribution in [2.45, 2.75) is 13.8 Å². The maximum atomic E-state index is 10.6. The molecule has 0 heterocycles. The summed E-state index contributed by atoms with van der Waals surface area (Å²) in [6.45, 7) is 3.24. The van der Waals surface area contributed by atoms with Crippen molar-refractivity contribution in [1.29, 1.82) is 0 Å². The predicted octanol–water partition coefficient (Wildman–Crippen LogP) is 0.0305. The van der Waals surface area contributed by atoms with Crippen LogP contribution in [0.2, 0.25) is 0 Å². The Balaban J connectivity index is 3.74. The summed E-state index contributed by atoms with van der Waals surface area (Å²) >= 11 is 4.48. The number of rotatable bonds is 3. The highest BCUT2D eigenvalue weighted by atomic mass is 32.1. The molecule has 5 heteroatoms. The maximum absolute atomic E-state index is 10.6. The highest BCUT2D eigenvalue weighted by Gasteiger charge is 2.01. The second-order valence-electron chi connectivity index (χ2n) is 2.15. The molecule has 1 atom stereocenters. The van der Waals surface area contributed by atoms with Crippen LogP contribution in [0.4, 0.5) is 0 Å². The van der Waals surface area contributed by atoms with E-state index in [1.54, 1.807) is 6.92 Å². The molecule has 0 fully saturated rings. The monoisotopic (exact) mass is 173 g/mol. The molecule has 0 spiro atoms. The molecule has 1 unspecified atom stereocenters. The van der Waals surface area contributed by atoms with Gasteiger partial charge in [-0.15, -0.1) is 0 Å². The molecule has 0 rings (SSSR count). The highest BCUT2D eigenvalue weighted by molar-refractivity contribution is 7.80. The Morgan fingerprint density at radius 1 is 1.82 bits per heavy atom. The second kappa shape index (κ2) is 4.79. The van der Waals surface area contributed by atoms with Gasteiger partial charge in [0.25, 0.3) is 0 Å². The molecule has 0 aromatic heterocycles. The zero-order valence-electron chi connectivity index (χ0n) is 6.50. The first-order valence-corrected chi connectivity index (χ1v) is 3.54. The summed E-state index contributed by atoms with van der Waals surface area (Å²) in [6, 6.07) is 0. The number of carbonyl (C=O) groups excluding carboxylic acids is 1. The van der Waals surface area contributed by atoms with Crippen molar-refractivity contribution in [2.24, 2.45) is 16.8 Å². The number of carbonyl (C=O) groups is 1. The standard InChI is InChI=1S/C6H11N3OS/c1-4(5(2)10)3-8-9-6(7)11/h3-4H,1-2H3,(H3,7,9,11)/b8-3-. The zero-order valence-corrected chi connectivity index (χ0v) is 7.31. The third kappa shape index (κ3) is 5.47. The van der Waals surface area contributed by atoms with Gasteiger partial charge in [0.05, 0.1) is 5.92 Å². The summed E-state index contributed by atoms with van der Waals surface area (Å²) in [7, 11) is 0. The van der Waals surface area contributed by atoms with Gasteiger partial charge >= 0.3 is 0 Å². The fraction of sp³-hybridized carbons (Fsp3) is 0.500. The van der Waals surface area contributed by atoms with E-state index in [-0.39, 0.29) is 16.8 Å². The molecule has 62 valence electrons. The summed E-state index contributed by atoms with van der Waals surface area (Å²) in [5, 5.41) is 3.72. The molecule has 11 heavy (non-hydrogen) atoms. The molecule has 3 N–H and O–H groups in total. The van der Waals surface area contributed by atoms with E-state index in [2.05, 4.69) is 22.7 Å². The van der Waals surface area contributed by atoms with E-state index in [4.69, 9.17) is 5.73 Å². The second-order valence-corrected chi connectivity index (χ2v) is 2.59. The SMILES string of the molecule is CC(=O)C(C)/C=N\NC(N)=S. The van der Waals surface area contributed by atoms with Crippen molar-refractivity contribution in [1.82, 2.24) is 5.43 Å². The van der Waals surface area contributed by atoms with E-state index in [1.165, 1.54) is 13.1 Å². The molecule has 0 radical (unpaired) electrons. The first-order valence-electron chi connectivity index (χ1n) is 3.13. The van der Waals surface area contributed by atoms with Crippen molar-refractivity contribution in [3.63, 3.8) is 0 Å². The smallest absolute Gasteiger partial charge is 0.184 e. The summed E-state index contributed by atoms with van der Waals surface area (Å²) in [5.74, 6) is -0.143. The maximum Gasteiger partial charge on any atom is 0.184 e. The summed E-state index contributed by atoms with van der Waals surface area (Å²) in [4.78, 5) is 10.6. The number of nitrogens with one attached hydrogen (secondary N) is 1. The fourth-order valence-electron chi connectivity index (χ4n) is 0.318. The van der Waals surface area contributed by atoms with Gasteiger partial charge in [-0.2, -0.15) is 5.10 Å². The van der Waals surface area contributed by atoms with Gasteiger partial charge in [0.15, 0.2) is 5.11 Å². The van der Waals surface area contributed by atoms with Crippen molar-refractivity contribution >= 4 is 29.3 Å². The van der Waals surface area contributed by atoms with Crippen LogP contribution in [0.25, 0.3) is 0 Å². The number of nitrogens with zero attached hydrogens (tertiary/aromatic N) is 1. The Bertz CT molecular complexity index is 190. The summed E-state index contributed by atoms with van der Waals surface area (Å²) in [6.07, 6.45) is 1.46. The Hall–Kier alpha value is -0.970. The van der Waals surface area contributed by atoms with E-state index in [1.807, 2.05) is 0 Å². The topological polar surface area (TPSA) is 67.5 Å². The molecule has 0 bridgehead atoms. The summed E-state index contributed by atoms with van der Waals surface area (Å²) < 4.78 is 0. The normalized spacial score (nSPS) is 12.9. The van der Waals surface area contributed by atoms with Crippen LogP contribution in [0.3, 0.4) is 0 Å². The Morgan fingerprint density at radius 3 is 2.73 bits per heavy atom. The minimum atomic E-state index is -0.197. The number of hydrazone groups is 1. The molecule has 0 aliphatic carbocycles. The molecule has 0 saturated heterocycles. The number of hydrogen-bond donors (Lipinski definition) is 2. The summed E-state index contributed by atoms with van der Waals surface area (Å²) in [5.41, 5.74) is 7.43. The lowest BCUT2D eigenvalue weighted by Crippen LogP contribution is -2.24. The van der Waals surface area contributed by atoms with Gasteiger partial charge in [0.1, 0.15) is 5.78 Å². The molecule has 0 saturated carbocycles. The molecule has 0 aromatic rings. The Morgan fingerprint density at radius 2 is 2.36 bits per heavy atom. The minimum absolute atomic E-state index is 0.0542. The zero-order chi connectivity index (χ0) is 8.85. The molecular formula is C6H11N3OS. The van der Waals surface area contributed by atoms with Crippen LogP contribution < -0.4 is 11.2 Å². The van der Waals surface area contributed by atoms with Crippen LogP contribution in [-0.4, -0.2) is 17.1 Å². The van der Waals surface area contributed by atoms with Crippen molar-refractivity contribution in [3.8, 4) is 0 Å². The molecular weight excluding hydrogens is 162 g/mol. The van der Waals surface area contributed by atoms with E-state index < -0.39 is 0 Å². The van der Waals surface area contributed by atoms with Crippen LogP contribution in [0.15, 0.2) is 5.10 Å². The van der Waals surface area contributed by atoms with Crippen molar-refractivity contribution < 1.29 is 4.79 Å². The molecule has 0 amide bonds. The number of nitrogens with two attached hydrogens (primary N) is 1. The average Bonchev–Trinajstić information content (AvgIpc) is 1.86. The largest absolute Gasteiger partial charge is 0.375 e. The lowest BCUT2D eigenvalue weighted by atomic mass is 10.1. The van der Waals surface area contributed by atoms with E-state index >= 15 is 0 Å². The fourth-order valence-corrected chi connectivity index (χ4v) is 0.370.